The monoisotopic (exact) mass is 489 g/mol. The van der Waals surface area contributed by atoms with Crippen LogP contribution in [0.5, 0.6) is 5.88 Å². The number of ether oxygens (including phenoxy) is 1. The minimum absolute atomic E-state index is 0.0935. The zero-order valence-electron chi connectivity index (χ0n) is 21.5. The van der Waals surface area contributed by atoms with E-state index in [0.29, 0.717) is 17.1 Å². The summed E-state index contributed by atoms with van der Waals surface area (Å²) in [5, 5.41) is 2.65. The van der Waals surface area contributed by atoms with Crippen LogP contribution in [-0.4, -0.2) is 66.1 Å². The molecule has 0 bridgehead atoms. The molecule has 1 saturated carbocycles. The van der Waals surface area contributed by atoms with Gasteiger partial charge in [-0.2, -0.15) is 0 Å². The Kier molecular flexibility index (Phi) is 6.59. The van der Waals surface area contributed by atoms with Crippen molar-refractivity contribution in [3.05, 3.63) is 47.3 Å². The highest BCUT2D eigenvalue weighted by Gasteiger charge is 2.38. The van der Waals surface area contributed by atoms with Gasteiger partial charge in [-0.1, -0.05) is 12.5 Å². The zero-order chi connectivity index (χ0) is 24.5. The minimum atomic E-state index is -0.0935. The van der Waals surface area contributed by atoms with Gasteiger partial charge in [0.2, 0.25) is 5.88 Å². The van der Waals surface area contributed by atoms with Crippen LogP contribution in [0.1, 0.15) is 73.0 Å². The van der Waals surface area contributed by atoms with Gasteiger partial charge < -0.3 is 19.9 Å². The largest absolute Gasteiger partial charge is 0.474 e. The summed E-state index contributed by atoms with van der Waals surface area (Å²) in [6.07, 6.45) is 14.1. The van der Waals surface area contributed by atoms with Crippen molar-refractivity contribution in [2.75, 3.05) is 38.1 Å². The second-order valence-electron chi connectivity index (χ2n) is 11.3. The van der Waals surface area contributed by atoms with Crippen molar-refractivity contribution in [1.82, 2.24) is 20.2 Å². The van der Waals surface area contributed by atoms with Crippen LogP contribution in [0.4, 0.5) is 5.82 Å². The van der Waals surface area contributed by atoms with Crippen molar-refractivity contribution in [3.63, 3.8) is 0 Å². The van der Waals surface area contributed by atoms with E-state index in [2.05, 4.69) is 32.2 Å². The van der Waals surface area contributed by atoms with E-state index in [0.717, 1.165) is 56.5 Å². The third kappa shape index (κ3) is 4.82. The Labute approximate surface area is 214 Å². The van der Waals surface area contributed by atoms with Gasteiger partial charge in [0.25, 0.3) is 5.91 Å². The highest BCUT2D eigenvalue weighted by atomic mass is 16.5. The summed E-state index contributed by atoms with van der Waals surface area (Å²) in [5.74, 6) is 1.70. The van der Waals surface area contributed by atoms with Crippen LogP contribution < -0.4 is 15.0 Å². The number of aromatic nitrogens is 2. The fourth-order valence-electron chi connectivity index (χ4n) is 6.60. The Morgan fingerprint density at radius 2 is 1.83 bits per heavy atom. The molecule has 0 atom stereocenters. The highest BCUT2D eigenvalue weighted by molar-refractivity contribution is 5.93. The Morgan fingerprint density at radius 1 is 1.03 bits per heavy atom. The van der Waals surface area contributed by atoms with Gasteiger partial charge in [0.05, 0.1) is 5.56 Å². The number of nitrogens with zero attached hydrogens (tertiary/aromatic N) is 4. The van der Waals surface area contributed by atoms with Crippen LogP contribution in [0.2, 0.25) is 0 Å². The summed E-state index contributed by atoms with van der Waals surface area (Å²) in [6, 6.07) is 9.08. The van der Waals surface area contributed by atoms with Crippen molar-refractivity contribution in [3.8, 4) is 5.88 Å². The van der Waals surface area contributed by atoms with Gasteiger partial charge in [-0.25, -0.2) is 9.97 Å². The van der Waals surface area contributed by atoms with Crippen molar-refractivity contribution in [1.29, 1.82) is 0 Å². The second-order valence-corrected chi connectivity index (χ2v) is 11.3. The molecule has 1 N–H and O–H groups in total. The summed E-state index contributed by atoms with van der Waals surface area (Å²) in [6.45, 7) is 4.37. The molecule has 1 amide bonds. The van der Waals surface area contributed by atoms with E-state index in [1.165, 1.54) is 62.9 Å². The standard InChI is InChI=1S/C29H39N5O2/c1-30-28(35)22-5-7-26(31-20-22)34-17-13-29(14-18-34)12-9-25-21(19-29)6-8-27(32-25)36-24-10-15-33(16-11-24)23-3-2-4-23/h5-8,20,23-24H,2-4,9-19H2,1H3,(H,30,35). The lowest BCUT2D eigenvalue weighted by molar-refractivity contribution is 0.0473. The van der Waals surface area contributed by atoms with Gasteiger partial charge in [-0.3, -0.25) is 4.79 Å². The predicted octanol–water partition coefficient (Wildman–Crippen LogP) is 4.01. The molecule has 3 fully saturated rings. The quantitative estimate of drug-likeness (QED) is 0.685. The molecule has 0 radical (unpaired) electrons. The van der Waals surface area contributed by atoms with E-state index in [4.69, 9.17) is 9.72 Å². The number of aryl methyl sites for hydroxylation is 1. The number of anilines is 1. The van der Waals surface area contributed by atoms with Crippen LogP contribution in [0.25, 0.3) is 0 Å². The van der Waals surface area contributed by atoms with Gasteiger partial charge in [0.15, 0.2) is 0 Å². The third-order valence-electron chi connectivity index (χ3n) is 9.24. The molecule has 2 aliphatic carbocycles. The molecule has 7 nitrogen and oxygen atoms in total. The van der Waals surface area contributed by atoms with Crippen LogP contribution in [0.15, 0.2) is 30.5 Å². The molecule has 6 rings (SSSR count). The lowest BCUT2D eigenvalue weighted by atomic mass is 9.67. The number of nitrogens with one attached hydrogen (secondary N) is 1. The third-order valence-corrected chi connectivity index (χ3v) is 9.24. The molecule has 2 aromatic rings. The lowest BCUT2D eigenvalue weighted by Crippen LogP contribution is -2.46. The van der Waals surface area contributed by atoms with E-state index in [9.17, 15) is 4.79 Å². The summed E-state index contributed by atoms with van der Waals surface area (Å²) < 4.78 is 6.36. The molecule has 7 heteroatoms. The predicted molar refractivity (Wildman–Crippen MR) is 141 cm³/mol. The van der Waals surface area contributed by atoms with E-state index in [-0.39, 0.29) is 5.91 Å². The number of amides is 1. The van der Waals surface area contributed by atoms with Crippen molar-refractivity contribution in [2.24, 2.45) is 5.41 Å². The van der Waals surface area contributed by atoms with Crippen LogP contribution in [0.3, 0.4) is 0 Å². The normalized spacial score (nSPS) is 22.6. The molecule has 0 aromatic carbocycles. The smallest absolute Gasteiger partial charge is 0.252 e. The molecule has 4 heterocycles. The summed E-state index contributed by atoms with van der Waals surface area (Å²) >= 11 is 0. The summed E-state index contributed by atoms with van der Waals surface area (Å²) in [5.41, 5.74) is 3.63. The molecule has 2 saturated heterocycles. The van der Waals surface area contributed by atoms with E-state index < -0.39 is 0 Å². The molecular weight excluding hydrogens is 450 g/mol. The molecule has 192 valence electrons. The average molecular weight is 490 g/mol. The van der Waals surface area contributed by atoms with Crippen LogP contribution in [-0.2, 0) is 12.8 Å². The maximum atomic E-state index is 11.8. The first-order valence-electron chi connectivity index (χ1n) is 13.9. The van der Waals surface area contributed by atoms with Crippen LogP contribution in [0, 0.1) is 5.41 Å². The molecule has 4 aliphatic rings. The molecule has 0 unspecified atom stereocenters. The lowest BCUT2D eigenvalue weighted by Gasteiger charge is -2.45. The Bertz CT molecular complexity index is 1070. The summed E-state index contributed by atoms with van der Waals surface area (Å²) in [7, 11) is 1.64. The van der Waals surface area contributed by atoms with Gasteiger partial charge >= 0.3 is 0 Å². The number of piperidine rings is 2. The fourth-order valence-corrected chi connectivity index (χ4v) is 6.60. The Balaban J connectivity index is 1.03. The molecule has 2 aliphatic heterocycles. The van der Waals surface area contributed by atoms with Crippen molar-refractivity contribution < 1.29 is 9.53 Å². The topological polar surface area (TPSA) is 70.6 Å². The average Bonchev–Trinajstić information content (AvgIpc) is 2.89. The summed E-state index contributed by atoms with van der Waals surface area (Å²) in [4.78, 5) is 26.4. The minimum Gasteiger partial charge on any atom is -0.474 e. The number of likely N-dealkylation sites (tertiary alicyclic amines) is 1. The maximum Gasteiger partial charge on any atom is 0.252 e. The first kappa shape index (κ1) is 23.7. The van der Waals surface area contributed by atoms with Gasteiger partial charge in [0, 0.05) is 57.2 Å². The zero-order valence-corrected chi connectivity index (χ0v) is 21.5. The van der Waals surface area contributed by atoms with E-state index in [1.807, 2.05) is 12.1 Å². The van der Waals surface area contributed by atoms with Gasteiger partial charge in [0.1, 0.15) is 11.9 Å². The molecular formula is C29H39N5O2. The number of hydrogen-bond donors (Lipinski definition) is 1. The molecule has 36 heavy (non-hydrogen) atoms. The first-order valence-corrected chi connectivity index (χ1v) is 13.9. The first-order chi connectivity index (χ1) is 17.6. The van der Waals surface area contributed by atoms with E-state index in [1.54, 1.807) is 13.2 Å². The van der Waals surface area contributed by atoms with Gasteiger partial charge in [-0.05, 0) is 80.9 Å². The molecule has 2 aromatic heterocycles. The number of pyridine rings is 2. The number of hydrogen-bond acceptors (Lipinski definition) is 6. The SMILES string of the molecule is CNC(=O)c1ccc(N2CCC3(CCc4nc(OC5CCN(C6CCC6)CC5)ccc4C3)CC2)nc1. The highest BCUT2D eigenvalue weighted by Crippen LogP contribution is 2.44. The van der Waals surface area contributed by atoms with E-state index >= 15 is 0 Å². The Hall–Kier alpha value is -2.67. The number of rotatable bonds is 5. The molecule has 1 spiro atoms. The Morgan fingerprint density at radius 3 is 2.50 bits per heavy atom. The number of carbonyl (C=O) groups excluding carboxylic acids is 1. The number of fused-ring (bicyclic) bond motifs is 1. The van der Waals surface area contributed by atoms with Crippen LogP contribution >= 0.6 is 0 Å². The van der Waals surface area contributed by atoms with Gasteiger partial charge in [-0.15, -0.1) is 0 Å². The fraction of sp³-hybridized carbons (Fsp3) is 0.621. The second kappa shape index (κ2) is 10.0. The number of carbonyl (C=O) groups is 1. The van der Waals surface area contributed by atoms with Crippen molar-refractivity contribution >= 4 is 11.7 Å². The van der Waals surface area contributed by atoms with Crippen molar-refractivity contribution in [2.45, 2.75) is 76.4 Å². The maximum absolute atomic E-state index is 11.8.